The van der Waals surface area contributed by atoms with Gasteiger partial charge >= 0.3 is 0 Å². The van der Waals surface area contributed by atoms with Crippen LogP contribution in [0.25, 0.3) is 0 Å². The van der Waals surface area contributed by atoms with Crippen molar-refractivity contribution >= 4 is 21.2 Å². The van der Waals surface area contributed by atoms with E-state index in [1.807, 2.05) is 19.9 Å². The van der Waals surface area contributed by atoms with Crippen molar-refractivity contribution in [3.63, 3.8) is 0 Å². The molecule has 0 radical (unpaired) electrons. The predicted molar refractivity (Wildman–Crippen MR) is 94.3 cm³/mol. The largest absolute Gasteiger partial charge is 0.384 e. The molecule has 24 heavy (non-hydrogen) atoms. The maximum absolute atomic E-state index is 11.9. The van der Waals surface area contributed by atoms with E-state index >= 15 is 0 Å². The van der Waals surface area contributed by atoms with Gasteiger partial charge in [0.05, 0.1) is 15.5 Å². The van der Waals surface area contributed by atoms with Crippen molar-refractivity contribution in [1.82, 2.24) is 0 Å². The molecule has 0 unspecified atom stereocenters. The number of non-ortho nitro benzene ring substituents is 1. The average molecular weight is 348 g/mol. The molecule has 0 heterocycles. The first kappa shape index (κ1) is 17.9. The Bertz CT molecular complexity index is 876. The fourth-order valence-electron chi connectivity index (χ4n) is 2.54. The molecule has 0 amide bonds. The lowest BCUT2D eigenvalue weighted by Gasteiger charge is -2.12. The number of sulfone groups is 1. The Kier molecular flexibility index (Phi) is 5.23. The smallest absolute Gasteiger partial charge is 0.270 e. The van der Waals surface area contributed by atoms with Crippen LogP contribution in [0.3, 0.4) is 0 Å². The SMILES string of the molecule is Cc1ccc(CCNc2ccc([N+](=O)[O-])cc2S(C)(=O)=O)c(C)c1. The number of hydrogen-bond donors (Lipinski definition) is 1. The maximum Gasteiger partial charge on any atom is 0.270 e. The highest BCUT2D eigenvalue weighted by Gasteiger charge is 2.18. The molecule has 0 fully saturated rings. The Hall–Kier alpha value is -2.41. The van der Waals surface area contributed by atoms with Gasteiger partial charge in [0.15, 0.2) is 9.84 Å². The van der Waals surface area contributed by atoms with Crippen molar-refractivity contribution in [2.24, 2.45) is 0 Å². The zero-order valence-corrected chi connectivity index (χ0v) is 14.7. The molecule has 0 aliphatic heterocycles. The van der Waals surface area contributed by atoms with Gasteiger partial charge in [-0.1, -0.05) is 23.8 Å². The summed E-state index contributed by atoms with van der Waals surface area (Å²) in [4.78, 5) is 10.2. The number of nitro groups is 1. The van der Waals surface area contributed by atoms with Gasteiger partial charge in [-0.2, -0.15) is 0 Å². The molecule has 0 atom stereocenters. The van der Waals surface area contributed by atoms with Gasteiger partial charge in [-0.05, 0) is 37.5 Å². The molecular formula is C17H20N2O4S. The van der Waals surface area contributed by atoms with Crippen molar-refractivity contribution in [2.75, 3.05) is 18.1 Å². The second kappa shape index (κ2) is 7.00. The topological polar surface area (TPSA) is 89.3 Å². The normalized spacial score (nSPS) is 11.3. The third-order valence-electron chi connectivity index (χ3n) is 3.78. The number of anilines is 1. The third kappa shape index (κ3) is 4.32. The first-order chi connectivity index (χ1) is 11.2. The molecule has 0 aliphatic carbocycles. The van der Waals surface area contributed by atoms with Crippen LogP contribution in [0.1, 0.15) is 16.7 Å². The van der Waals surface area contributed by atoms with Crippen molar-refractivity contribution in [3.05, 3.63) is 63.2 Å². The van der Waals surface area contributed by atoms with Crippen LogP contribution in [0.15, 0.2) is 41.3 Å². The van der Waals surface area contributed by atoms with E-state index in [0.717, 1.165) is 18.7 Å². The molecule has 0 aliphatic rings. The zero-order valence-electron chi connectivity index (χ0n) is 13.9. The molecule has 0 saturated heterocycles. The van der Waals surface area contributed by atoms with E-state index < -0.39 is 14.8 Å². The standard InChI is InChI=1S/C17H20N2O4S/c1-12-4-5-14(13(2)10-12)8-9-18-16-7-6-15(19(20)21)11-17(16)24(3,22)23/h4-7,10-11,18H,8-9H2,1-3H3. The summed E-state index contributed by atoms with van der Waals surface area (Å²) in [7, 11) is -3.57. The minimum absolute atomic E-state index is 0.0580. The van der Waals surface area contributed by atoms with Crippen LogP contribution in [0, 0.1) is 24.0 Å². The van der Waals surface area contributed by atoms with Gasteiger partial charge in [-0.15, -0.1) is 0 Å². The number of rotatable bonds is 6. The Morgan fingerprint density at radius 3 is 2.42 bits per heavy atom. The maximum atomic E-state index is 11.9. The highest BCUT2D eigenvalue weighted by atomic mass is 32.2. The van der Waals surface area contributed by atoms with Crippen molar-refractivity contribution in [2.45, 2.75) is 25.2 Å². The van der Waals surface area contributed by atoms with Crippen LogP contribution < -0.4 is 5.32 Å². The average Bonchev–Trinajstić information content (AvgIpc) is 2.48. The molecule has 0 bridgehead atoms. The van der Waals surface area contributed by atoms with Crippen LogP contribution in [0.5, 0.6) is 0 Å². The minimum atomic E-state index is -3.57. The Morgan fingerprint density at radius 1 is 1.12 bits per heavy atom. The minimum Gasteiger partial charge on any atom is -0.384 e. The summed E-state index contributed by atoms with van der Waals surface area (Å²) < 4.78 is 23.8. The van der Waals surface area contributed by atoms with Crippen LogP contribution in [0.2, 0.25) is 0 Å². The van der Waals surface area contributed by atoms with E-state index in [0.29, 0.717) is 12.2 Å². The number of benzene rings is 2. The Labute approximate surface area is 141 Å². The van der Waals surface area contributed by atoms with Crippen molar-refractivity contribution in [1.29, 1.82) is 0 Å². The molecule has 2 rings (SSSR count). The van der Waals surface area contributed by atoms with Crippen molar-refractivity contribution < 1.29 is 13.3 Å². The molecule has 0 aromatic heterocycles. The fourth-order valence-corrected chi connectivity index (χ4v) is 3.41. The zero-order chi connectivity index (χ0) is 17.9. The predicted octanol–water partition coefficient (Wildman–Crippen LogP) is 3.27. The summed E-state index contributed by atoms with van der Waals surface area (Å²) in [5.74, 6) is 0. The summed E-state index contributed by atoms with van der Waals surface area (Å²) in [5.41, 5.74) is 3.70. The monoisotopic (exact) mass is 348 g/mol. The summed E-state index contributed by atoms with van der Waals surface area (Å²) >= 11 is 0. The summed E-state index contributed by atoms with van der Waals surface area (Å²) in [6.45, 7) is 4.60. The first-order valence-corrected chi connectivity index (χ1v) is 9.36. The molecule has 0 saturated carbocycles. The van der Waals surface area contributed by atoms with Crippen LogP contribution >= 0.6 is 0 Å². The lowest BCUT2D eigenvalue weighted by molar-refractivity contribution is -0.385. The van der Waals surface area contributed by atoms with E-state index in [4.69, 9.17) is 0 Å². The molecular weight excluding hydrogens is 328 g/mol. The summed E-state index contributed by atoms with van der Waals surface area (Å²) in [6.07, 6.45) is 1.77. The van der Waals surface area contributed by atoms with Gasteiger partial charge in [0.1, 0.15) is 0 Å². The number of aryl methyl sites for hydroxylation is 2. The Balaban J connectivity index is 2.19. The van der Waals surface area contributed by atoms with E-state index in [1.54, 1.807) is 0 Å². The highest BCUT2D eigenvalue weighted by molar-refractivity contribution is 7.90. The Morgan fingerprint density at radius 2 is 1.83 bits per heavy atom. The fraction of sp³-hybridized carbons (Fsp3) is 0.294. The molecule has 1 N–H and O–H groups in total. The van der Waals surface area contributed by atoms with E-state index in [-0.39, 0.29) is 10.6 Å². The highest BCUT2D eigenvalue weighted by Crippen LogP contribution is 2.26. The van der Waals surface area contributed by atoms with Gasteiger partial charge in [-0.25, -0.2) is 8.42 Å². The molecule has 128 valence electrons. The van der Waals surface area contributed by atoms with E-state index in [1.165, 1.54) is 28.8 Å². The molecule has 2 aromatic rings. The lowest BCUT2D eigenvalue weighted by Crippen LogP contribution is -2.10. The summed E-state index contributed by atoms with van der Waals surface area (Å²) in [6, 6.07) is 10.0. The molecule has 7 heteroatoms. The number of nitrogens with one attached hydrogen (secondary N) is 1. The van der Waals surface area contributed by atoms with Gasteiger partial charge in [0.2, 0.25) is 0 Å². The van der Waals surface area contributed by atoms with Crippen LogP contribution in [0.4, 0.5) is 11.4 Å². The number of hydrogen-bond acceptors (Lipinski definition) is 5. The third-order valence-corrected chi connectivity index (χ3v) is 4.92. The van der Waals surface area contributed by atoms with Gasteiger partial charge in [0.25, 0.3) is 5.69 Å². The molecule has 6 nitrogen and oxygen atoms in total. The number of nitrogens with zero attached hydrogens (tertiary/aromatic N) is 1. The van der Waals surface area contributed by atoms with Crippen molar-refractivity contribution in [3.8, 4) is 0 Å². The van der Waals surface area contributed by atoms with Gasteiger partial charge in [0, 0.05) is 24.9 Å². The van der Waals surface area contributed by atoms with Gasteiger partial charge in [-0.3, -0.25) is 10.1 Å². The molecule has 2 aromatic carbocycles. The summed E-state index contributed by atoms with van der Waals surface area (Å²) in [5, 5.41) is 13.9. The second-order valence-corrected chi connectivity index (χ2v) is 7.80. The number of nitro benzene ring substituents is 1. The quantitative estimate of drug-likeness (QED) is 0.639. The lowest BCUT2D eigenvalue weighted by atomic mass is 10.0. The second-order valence-electron chi connectivity index (χ2n) is 5.82. The van der Waals surface area contributed by atoms with Gasteiger partial charge < -0.3 is 5.32 Å². The van der Waals surface area contributed by atoms with E-state index in [9.17, 15) is 18.5 Å². The van der Waals surface area contributed by atoms with Crippen LogP contribution in [-0.4, -0.2) is 26.1 Å². The molecule has 0 spiro atoms. The first-order valence-electron chi connectivity index (χ1n) is 7.47. The van der Waals surface area contributed by atoms with E-state index in [2.05, 4.69) is 17.4 Å². The van der Waals surface area contributed by atoms with Crippen LogP contribution in [-0.2, 0) is 16.3 Å².